The van der Waals surface area contributed by atoms with Crippen molar-refractivity contribution in [2.45, 2.75) is 24.4 Å². The third-order valence-electron chi connectivity index (χ3n) is 1.56. The van der Waals surface area contributed by atoms with E-state index in [4.69, 9.17) is 55.5 Å². The van der Waals surface area contributed by atoms with Gasteiger partial charge < -0.3 is 78.2 Å². The Kier molecular flexibility index (Phi) is 81.5. The van der Waals surface area contributed by atoms with Crippen LogP contribution in [0.3, 0.4) is 0 Å². The number of aliphatic hydroxyl groups excluding tert-OH is 4. The van der Waals surface area contributed by atoms with Gasteiger partial charge in [-0.05, 0) is 0 Å². The fraction of sp³-hybridized carbons (Fsp3) is 0.500. The van der Waals surface area contributed by atoms with Gasteiger partial charge in [0.15, 0.2) is 0 Å². The van der Waals surface area contributed by atoms with Crippen molar-refractivity contribution in [1.82, 2.24) is 0 Å². The predicted molar refractivity (Wildman–Crippen MR) is 65.0 cm³/mol. The molecule has 0 aliphatic heterocycles. The van der Waals surface area contributed by atoms with E-state index in [9.17, 15) is 39.6 Å². The van der Waals surface area contributed by atoms with E-state index in [0.29, 0.717) is 0 Å². The molecule has 0 bridgehead atoms. The van der Waals surface area contributed by atoms with E-state index in [1.165, 1.54) is 0 Å². The number of carbonyl (C=O) groups excluding carboxylic acids is 4. The predicted octanol–water partition coefficient (Wildman–Crippen LogP) is -30.2. The molecule has 4 atom stereocenters. The molecule has 0 spiro atoms. The van der Waals surface area contributed by atoms with E-state index in [-0.39, 0.29) is 282 Å². The second kappa shape index (κ2) is 40.5. The van der Waals surface area contributed by atoms with Crippen molar-refractivity contribution < 1.29 is 377 Å². The van der Waals surface area contributed by atoms with Gasteiger partial charge in [-0.25, -0.2) is 0 Å². The van der Waals surface area contributed by atoms with Crippen LogP contribution in [0.15, 0.2) is 0 Å². The maximum absolute atomic E-state index is 9.63. The molecule has 0 rings (SSSR count). The Morgan fingerprint density at radius 1 is 0.459 bits per heavy atom. The summed E-state index contributed by atoms with van der Waals surface area (Å²) < 4.78 is 68.2. The summed E-state index contributed by atoms with van der Waals surface area (Å²) in [5, 5.41) is 71.5. The number of carboxylic acids is 4. The molecular formula is C8H8CuK4Na2O20S2. The van der Waals surface area contributed by atoms with Gasteiger partial charge in [-0.1, -0.05) is 0 Å². The number of aliphatic carboxylic acids is 4. The molecule has 0 aromatic carbocycles. The summed E-state index contributed by atoms with van der Waals surface area (Å²) in [6, 6.07) is 0. The molecule has 0 aromatic heterocycles. The van der Waals surface area contributed by atoms with Crippen LogP contribution in [0.4, 0.5) is 0 Å². The molecule has 0 aliphatic rings. The molecule has 29 heteroatoms. The van der Waals surface area contributed by atoms with Gasteiger partial charge in [-0.2, -0.15) is 0 Å². The number of carbonyl (C=O) groups is 4. The third-order valence-corrected chi connectivity index (χ3v) is 1.56. The first-order valence-electron chi connectivity index (χ1n) is 5.82. The Hall–Kier alpha value is 6.52. The monoisotopic (exact) mass is 753 g/mol. The van der Waals surface area contributed by atoms with Crippen molar-refractivity contribution in [3.8, 4) is 0 Å². The average molecular weight is 754 g/mol. The first-order chi connectivity index (χ1) is 12.9. The van der Waals surface area contributed by atoms with E-state index in [1.807, 2.05) is 0 Å². The largest absolute Gasteiger partial charge is 2.00 e. The Morgan fingerprint density at radius 2 is 0.514 bits per heavy atom. The third kappa shape index (κ3) is 75.0. The quantitative estimate of drug-likeness (QED) is 0.111. The van der Waals surface area contributed by atoms with Crippen molar-refractivity contribution in [1.29, 1.82) is 0 Å². The van der Waals surface area contributed by atoms with Gasteiger partial charge in [0.1, 0.15) is 24.4 Å². The molecule has 0 saturated heterocycles. The van der Waals surface area contributed by atoms with Gasteiger partial charge in [0.25, 0.3) is 0 Å². The summed E-state index contributed by atoms with van der Waals surface area (Å²) in [5.74, 6) is -8.23. The molecule has 0 aromatic rings. The van der Waals surface area contributed by atoms with Crippen LogP contribution in [-0.4, -0.2) is 104 Å². The Balaban J connectivity index is -0.0000000265. The standard InChI is InChI=1S/2C4H6O6.Cu.4K.2Na.2H2O4S/c2*5-1(3(7)8)2(6)4(9)10;;;;;;;;2*1-5(2,3)4/h2*1-2,5-6H,(H,7,8)(H,9,10);;;;;;;;2*(H2,1,2,3,4)/q;;+2;6*+1;;/p-8. The minimum atomic E-state index is -5.17. The average Bonchev–Trinajstić information content (AvgIpc) is 2.48. The molecule has 189 valence electrons. The number of aliphatic hydroxyl groups is 4. The molecule has 0 heterocycles. The maximum atomic E-state index is 9.63. The zero-order valence-corrected chi connectivity index (χ0v) is 38.8. The molecule has 20 nitrogen and oxygen atoms in total. The van der Waals surface area contributed by atoms with Gasteiger partial charge in [-0.15, -0.1) is 0 Å². The normalized spacial score (nSPS) is 11.7. The van der Waals surface area contributed by atoms with Crippen molar-refractivity contribution in [3.63, 3.8) is 0 Å². The van der Waals surface area contributed by atoms with Crippen molar-refractivity contribution in [3.05, 3.63) is 0 Å². The Labute approximate surface area is 434 Å². The molecule has 0 fully saturated rings. The van der Waals surface area contributed by atoms with E-state index < -0.39 is 69.1 Å². The fourth-order valence-corrected chi connectivity index (χ4v) is 0.516. The molecule has 0 saturated carbocycles. The first-order valence-corrected chi connectivity index (χ1v) is 8.49. The van der Waals surface area contributed by atoms with E-state index in [0.717, 1.165) is 0 Å². The minimum Gasteiger partial charge on any atom is -0.759 e. The number of rotatable bonds is 6. The number of hydrogen-bond donors (Lipinski definition) is 4. The number of hydrogen-bond acceptors (Lipinski definition) is 20. The molecule has 0 aliphatic carbocycles. The molecule has 1 radical (unpaired) electrons. The van der Waals surface area contributed by atoms with Crippen LogP contribution in [-0.2, 0) is 57.0 Å². The summed E-state index contributed by atoms with van der Waals surface area (Å²) in [7, 11) is -10.3. The summed E-state index contributed by atoms with van der Waals surface area (Å²) in [6.45, 7) is 0. The minimum absolute atomic E-state index is 0. The zero-order valence-electron chi connectivity index (χ0n) is 19.7. The second-order valence-corrected chi connectivity index (χ2v) is 5.50. The van der Waals surface area contributed by atoms with E-state index in [1.54, 1.807) is 0 Å². The Morgan fingerprint density at radius 3 is 0.541 bits per heavy atom. The fourth-order valence-electron chi connectivity index (χ4n) is 0.516. The molecule has 4 unspecified atom stereocenters. The van der Waals surface area contributed by atoms with Gasteiger partial charge in [0, 0.05) is 20.8 Å². The summed E-state index contributed by atoms with van der Waals surface area (Å²) in [6.07, 6.45) is -9.76. The SMILES string of the molecule is O=C([O-])C(O)C(O)C(=O)[O-].O=C([O-])C(O)C(O)C(=O)[O-].O=S(=O)([O-])[O-].O=S(=O)([O-])[O-].[Cu+2].[K+].[K+].[K+].[K+].[Na+].[Na+]. The van der Waals surface area contributed by atoms with Crippen molar-refractivity contribution in [2.75, 3.05) is 0 Å². The van der Waals surface area contributed by atoms with Crippen molar-refractivity contribution in [2.24, 2.45) is 0 Å². The van der Waals surface area contributed by atoms with Gasteiger partial charge >= 0.3 is 282 Å². The van der Waals surface area contributed by atoms with E-state index >= 15 is 0 Å². The first kappa shape index (κ1) is 74.4. The van der Waals surface area contributed by atoms with Gasteiger partial charge in [0.05, 0.1) is 23.9 Å². The maximum Gasteiger partial charge on any atom is 2.00 e. The van der Waals surface area contributed by atoms with Crippen LogP contribution in [0.25, 0.3) is 0 Å². The van der Waals surface area contributed by atoms with E-state index in [2.05, 4.69) is 0 Å². The summed E-state index contributed by atoms with van der Waals surface area (Å²) in [5.41, 5.74) is 0. The topological polar surface area (TPSA) is 402 Å². The van der Waals surface area contributed by atoms with Gasteiger partial charge in [-0.3, -0.25) is 16.8 Å². The number of carboxylic acid groups (broad SMARTS) is 4. The van der Waals surface area contributed by atoms with Crippen LogP contribution in [0.5, 0.6) is 0 Å². The van der Waals surface area contributed by atoms with Crippen LogP contribution in [0, 0.1) is 0 Å². The smallest absolute Gasteiger partial charge is 0.759 e. The van der Waals surface area contributed by atoms with Crippen LogP contribution >= 0.6 is 0 Å². The molecule has 37 heavy (non-hydrogen) atoms. The van der Waals surface area contributed by atoms with Crippen LogP contribution in [0.1, 0.15) is 0 Å². The summed E-state index contributed by atoms with van der Waals surface area (Å²) in [4.78, 5) is 38.5. The molecule has 4 N–H and O–H groups in total. The zero-order chi connectivity index (χ0) is 25.6. The summed E-state index contributed by atoms with van der Waals surface area (Å²) >= 11 is 0. The molecular weight excluding hydrogens is 746 g/mol. The Bertz CT molecular complexity index is 682. The van der Waals surface area contributed by atoms with Crippen molar-refractivity contribution >= 4 is 44.7 Å². The molecule has 0 amide bonds. The van der Waals surface area contributed by atoms with Crippen LogP contribution < -0.4 is 285 Å². The second-order valence-electron chi connectivity index (χ2n) is 3.87. The van der Waals surface area contributed by atoms with Crippen LogP contribution in [0.2, 0.25) is 0 Å². The van der Waals surface area contributed by atoms with Gasteiger partial charge in [0.2, 0.25) is 0 Å².